The summed E-state index contributed by atoms with van der Waals surface area (Å²) in [6.45, 7) is -2.31. The van der Waals surface area contributed by atoms with E-state index in [4.69, 9.17) is 5.73 Å². The Hall–Kier alpha value is -1.12. The van der Waals surface area contributed by atoms with Crippen LogP contribution in [-0.4, -0.2) is 26.2 Å². The van der Waals surface area contributed by atoms with E-state index < -0.39 is 6.61 Å². The summed E-state index contributed by atoms with van der Waals surface area (Å²) < 4.78 is 28.7. The van der Waals surface area contributed by atoms with Crippen molar-refractivity contribution in [3.05, 3.63) is 29.8 Å². The molecule has 4 nitrogen and oxygen atoms in total. The molecule has 0 saturated heterocycles. The van der Waals surface area contributed by atoms with Crippen molar-refractivity contribution in [2.45, 2.75) is 13.0 Å². The Morgan fingerprint density at radius 1 is 1.44 bits per heavy atom. The molecule has 0 unspecified atom stereocenters. The molecule has 0 aliphatic rings. The van der Waals surface area contributed by atoms with Crippen molar-refractivity contribution < 1.29 is 13.5 Å². The van der Waals surface area contributed by atoms with Gasteiger partial charge in [-0.3, -0.25) is 4.99 Å². The van der Waals surface area contributed by atoms with Crippen LogP contribution in [0.5, 0.6) is 5.75 Å². The number of ether oxygens (including phenoxy) is 1. The van der Waals surface area contributed by atoms with Crippen LogP contribution in [0, 0.1) is 0 Å². The molecule has 102 valence electrons. The minimum atomic E-state index is -2.81. The fourth-order valence-electron chi connectivity index (χ4n) is 1.33. The van der Waals surface area contributed by atoms with Gasteiger partial charge in [-0.2, -0.15) is 8.78 Å². The van der Waals surface area contributed by atoms with Gasteiger partial charge in [-0.15, -0.1) is 24.0 Å². The minimum Gasteiger partial charge on any atom is -0.435 e. The van der Waals surface area contributed by atoms with Gasteiger partial charge >= 0.3 is 6.61 Å². The normalized spacial score (nSPS) is 11.0. The monoisotopic (exact) mass is 371 g/mol. The van der Waals surface area contributed by atoms with Gasteiger partial charge in [0.05, 0.1) is 0 Å². The van der Waals surface area contributed by atoms with Crippen LogP contribution in [0.3, 0.4) is 0 Å². The van der Waals surface area contributed by atoms with Gasteiger partial charge in [-0.25, -0.2) is 0 Å². The lowest BCUT2D eigenvalue weighted by molar-refractivity contribution is -0.0504. The predicted molar refractivity (Wildman–Crippen MR) is 77.7 cm³/mol. The highest BCUT2D eigenvalue weighted by Crippen LogP contribution is 2.20. The third-order valence-electron chi connectivity index (χ3n) is 2.13. The Morgan fingerprint density at radius 2 is 2.11 bits per heavy atom. The number of aliphatic imine (C=N–C) groups is 1. The van der Waals surface area contributed by atoms with Crippen molar-refractivity contribution in [3.8, 4) is 5.75 Å². The summed E-state index contributed by atoms with van der Waals surface area (Å²) in [4.78, 5) is 3.72. The first-order valence-electron chi connectivity index (χ1n) is 5.12. The van der Waals surface area contributed by atoms with Crippen molar-refractivity contribution in [1.29, 1.82) is 0 Å². The Bertz CT molecular complexity index is 388. The van der Waals surface area contributed by atoms with Crippen LogP contribution >= 0.6 is 24.0 Å². The molecule has 0 fully saturated rings. The molecule has 0 bridgehead atoms. The van der Waals surface area contributed by atoms with Crippen LogP contribution < -0.4 is 15.8 Å². The first-order valence-corrected chi connectivity index (χ1v) is 5.12. The zero-order valence-electron chi connectivity index (χ0n) is 9.90. The molecule has 0 aromatic heterocycles. The van der Waals surface area contributed by atoms with Crippen molar-refractivity contribution >= 4 is 29.9 Å². The number of nitrogens with two attached hydrogens (primary N) is 1. The van der Waals surface area contributed by atoms with Crippen LogP contribution in [0.4, 0.5) is 8.78 Å². The molecule has 0 aliphatic heterocycles. The highest BCUT2D eigenvalue weighted by Gasteiger charge is 2.08. The number of halogens is 3. The zero-order valence-corrected chi connectivity index (χ0v) is 12.2. The van der Waals surface area contributed by atoms with Crippen LogP contribution in [0.2, 0.25) is 0 Å². The second kappa shape index (κ2) is 8.90. The van der Waals surface area contributed by atoms with Crippen LogP contribution in [0.1, 0.15) is 5.56 Å². The topological polar surface area (TPSA) is 59.6 Å². The number of rotatable bonds is 5. The van der Waals surface area contributed by atoms with E-state index in [1.54, 1.807) is 25.2 Å². The van der Waals surface area contributed by atoms with Crippen LogP contribution in [0.25, 0.3) is 0 Å². The number of hydrogen-bond acceptors (Lipinski definition) is 2. The molecule has 18 heavy (non-hydrogen) atoms. The van der Waals surface area contributed by atoms with Gasteiger partial charge in [0.1, 0.15) is 5.75 Å². The van der Waals surface area contributed by atoms with Gasteiger partial charge in [-0.05, 0) is 18.1 Å². The Kier molecular flexibility index (Phi) is 8.34. The number of nitrogens with zero attached hydrogens (tertiary/aromatic N) is 1. The summed E-state index contributed by atoms with van der Waals surface area (Å²) in [5.74, 6) is 0.508. The fraction of sp³-hybridized carbons (Fsp3) is 0.364. The summed E-state index contributed by atoms with van der Waals surface area (Å²) in [7, 11) is 1.57. The number of hydrogen-bond donors (Lipinski definition) is 2. The lowest BCUT2D eigenvalue weighted by Gasteiger charge is -2.11. The van der Waals surface area contributed by atoms with Gasteiger partial charge in [0.15, 0.2) is 5.96 Å². The van der Waals surface area contributed by atoms with E-state index in [1.807, 2.05) is 0 Å². The third kappa shape index (κ3) is 5.99. The van der Waals surface area contributed by atoms with Crippen LogP contribution in [-0.2, 0) is 6.42 Å². The van der Waals surface area contributed by atoms with Gasteiger partial charge in [0.25, 0.3) is 0 Å². The lowest BCUT2D eigenvalue weighted by atomic mass is 10.1. The molecule has 7 heteroatoms. The molecule has 0 heterocycles. The predicted octanol–water partition coefficient (Wildman–Crippen LogP) is 1.98. The smallest absolute Gasteiger partial charge is 0.387 e. The maximum atomic E-state index is 12.1. The summed E-state index contributed by atoms with van der Waals surface area (Å²) in [5, 5.41) is 2.85. The molecule has 3 N–H and O–H groups in total. The summed E-state index contributed by atoms with van der Waals surface area (Å²) in [6, 6.07) is 6.67. The summed E-state index contributed by atoms with van der Waals surface area (Å²) in [5.41, 5.74) is 6.14. The van der Waals surface area contributed by atoms with E-state index in [-0.39, 0.29) is 29.7 Å². The largest absolute Gasteiger partial charge is 0.435 e. The number of alkyl halides is 2. The first-order chi connectivity index (χ1) is 8.13. The maximum Gasteiger partial charge on any atom is 0.387 e. The average Bonchev–Trinajstić information content (AvgIpc) is 2.30. The molecule has 0 spiro atoms. The molecule has 1 aromatic rings. The van der Waals surface area contributed by atoms with E-state index in [2.05, 4.69) is 15.0 Å². The van der Waals surface area contributed by atoms with Crippen molar-refractivity contribution in [2.75, 3.05) is 13.6 Å². The standard InChI is InChI=1S/C11H15F2N3O.HI/c1-15-11(14)16-7-6-8-4-2-3-5-9(8)17-10(12)13;/h2-5,10H,6-7H2,1H3,(H3,14,15,16);1H. The molecule has 0 atom stereocenters. The average molecular weight is 371 g/mol. The van der Waals surface area contributed by atoms with E-state index in [0.29, 0.717) is 24.5 Å². The molecule has 0 radical (unpaired) electrons. The first kappa shape index (κ1) is 16.9. The quantitative estimate of drug-likeness (QED) is 0.473. The summed E-state index contributed by atoms with van der Waals surface area (Å²) in [6.07, 6.45) is 0.527. The van der Waals surface area contributed by atoms with E-state index in [9.17, 15) is 8.78 Å². The summed E-state index contributed by atoms with van der Waals surface area (Å²) >= 11 is 0. The fourth-order valence-corrected chi connectivity index (χ4v) is 1.33. The third-order valence-corrected chi connectivity index (χ3v) is 2.13. The van der Waals surface area contributed by atoms with Crippen molar-refractivity contribution in [2.24, 2.45) is 10.7 Å². The maximum absolute atomic E-state index is 12.1. The molecule has 0 aliphatic carbocycles. The Morgan fingerprint density at radius 3 is 2.72 bits per heavy atom. The van der Waals surface area contributed by atoms with E-state index in [1.165, 1.54) is 6.07 Å². The van der Waals surface area contributed by atoms with Crippen molar-refractivity contribution in [3.63, 3.8) is 0 Å². The van der Waals surface area contributed by atoms with Gasteiger partial charge in [-0.1, -0.05) is 18.2 Å². The second-order valence-corrected chi connectivity index (χ2v) is 3.27. The Labute approximate surface area is 122 Å². The molecule has 1 rings (SSSR count). The highest BCUT2D eigenvalue weighted by molar-refractivity contribution is 14.0. The van der Waals surface area contributed by atoms with Gasteiger partial charge in [0.2, 0.25) is 0 Å². The van der Waals surface area contributed by atoms with Crippen LogP contribution in [0.15, 0.2) is 29.3 Å². The highest BCUT2D eigenvalue weighted by atomic mass is 127. The number of nitrogens with one attached hydrogen (secondary N) is 1. The van der Waals surface area contributed by atoms with E-state index in [0.717, 1.165) is 0 Å². The van der Waals surface area contributed by atoms with E-state index >= 15 is 0 Å². The molecule has 0 saturated carbocycles. The molecule has 1 aromatic carbocycles. The number of para-hydroxylation sites is 1. The number of benzene rings is 1. The van der Waals surface area contributed by atoms with Gasteiger partial charge in [0, 0.05) is 13.6 Å². The Balaban J connectivity index is 0.00000289. The molecular weight excluding hydrogens is 355 g/mol. The lowest BCUT2D eigenvalue weighted by Crippen LogP contribution is -2.32. The second-order valence-electron chi connectivity index (χ2n) is 3.27. The molecule has 0 amide bonds. The van der Waals surface area contributed by atoms with Crippen molar-refractivity contribution in [1.82, 2.24) is 5.32 Å². The SMILES string of the molecule is CN=C(N)NCCc1ccccc1OC(F)F.I. The minimum absolute atomic E-state index is 0. The zero-order chi connectivity index (χ0) is 12.7. The van der Waals surface area contributed by atoms with Gasteiger partial charge < -0.3 is 15.8 Å². The molecular formula is C11H16F2IN3O. The number of guanidine groups is 1.